The maximum Gasteiger partial charge on any atom is 0.143 e. The highest BCUT2D eigenvalue weighted by Gasteiger charge is 2.40. The summed E-state index contributed by atoms with van der Waals surface area (Å²) in [5.74, 6) is 1.09. The standard InChI is InChI=1S/C17H24O/c1-14(2)13-17(10-6-7-11-17)16(18)12-15-8-4-3-5-9-15/h3-5,8-9,14H,6-7,10-13H2,1-2H3. The third-order valence-electron chi connectivity index (χ3n) is 4.16. The molecule has 1 aliphatic carbocycles. The SMILES string of the molecule is CC(C)CC1(C(=O)Cc2ccccc2)CCCC1. The fourth-order valence-corrected chi connectivity index (χ4v) is 3.40. The lowest BCUT2D eigenvalue weighted by Gasteiger charge is -2.29. The van der Waals surface area contributed by atoms with E-state index in [0.717, 1.165) is 24.8 Å². The van der Waals surface area contributed by atoms with Crippen LogP contribution in [0.25, 0.3) is 0 Å². The molecule has 1 nitrogen and oxygen atoms in total. The summed E-state index contributed by atoms with van der Waals surface area (Å²) in [4.78, 5) is 12.7. The molecule has 0 unspecified atom stereocenters. The van der Waals surface area contributed by atoms with Crippen molar-refractivity contribution < 1.29 is 4.79 Å². The van der Waals surface area contributed by atoms with Gasteiger partial charge in [0, 0.05) is 11.8 Å². The minimum Gasteiger partial charge on any atom is -0.299 e. The lowest BCUT2D eigenvalue weighted by molar-refractivity contribution is -0.128. The molecule has 1 aliphatic rings. The number of benzene rings is 1. The Hall–Kier alpha value is -1.11. The number of rotatable bonds is 5. The van der Waals surface area contributed by atoms with Gasteiger partial charge in [-0.15, -0.1) is 0 Å². The summed E-state index contributed by atoms with van der Waals surface area (Å²) < 4.78 is 0. The van der Waals surface area contributed by atoms with Gasteiger partial charge in [0.25, 0.3) is 0 Å². The van der Waals surface area contributed by atoms with E-state index in [1.54, 1.807) is 0 Å². The largest absolute Gasteiger partial charge is 0.299 e. The number of ketones is 1. The van der Waals surface area contributed by atoms with Crippen LogP contribution in [-0.4, -0.2) is 5.78 Å². The molecule has 0 atom stereocenters. The lowest BCUT2D eigenvalue weighted by atomic mass is 9.73. The predicted molar refractivity (Wildman–Crippen MR) is 75.5 cm³/mol. The second-order valence-corrected chi connectivity index (χ2v) is 6.17. The van der Waals surface area contributed by atoms with E-state index in [1.807, 2.05) is 18.2 Å². The molecule has 98 valence electrons. The van der Waals surface area contributed by atoms with Crippen molar-refractivity contribution in [3.05, 3.63) is 35.9 Å². The number of hydrogen-bond acceptors (Lipinski definition) is 1. The topological polar surface area (TPSA) is 17.1 Å². The van der Waals surface area contributed by atoms with Gasteiger partial charge in [-0.1, -0.05) is 57.0 Å². The minimum atomic E-state index is -0.00991. The van der Waals surface area contributed by atoms with Crippen LogP contribution in [0.5, 0.6) is 0 Å². The number of carbonyl (C=O) groups is 1. The molecule has 0 aliphatic heterocycles. The lowest BCUT2D eigenvalue weighted by Crippen LogP contribution is -2.31. The van der Waals surface area contributed by atoms with Crippen molar-refractivity contribution in [1.29, 1.82) is 0 Å². The van der Waals surface area contributed by atoms with Crippen molar-refractivity contribution in [2.75, 3.05) is 0 Å². The Balaban J connectivity index is 2.09. The molecule has 0 saturated heterocycles. The molecule has 18 heavy (non-hydrogen) atoms. The average Bonchev–Trinajstić information content (AvgIpc) is 2.79. The van der Waals surface area contributed by atoms with Gasteiger partial charge >= 0.3 is 0 Å². The first-order valence-electron chi connectivity index (χ1n) is 7.20. The molecule has 0 heterocycles. The summed E-state index contributed by atoms with van der Waals surface area (Å²) >= 11 is 0. The smallest absolute Gasteiger partial charge is 0.143 e. The van der Waals surface area contributed by atoms with Crippen LogP contribution < -0.4 is 0 Å². The normalized spacial score (nSPS) is 18.2. The quantitative estimate of drug-likeness (QED) is 0.750. The summed E-state index contributed by atoms with van der Waals surface area (Å²) in [5.41, 5.74) is 1.15. The van der Waals surface area contributed by atoms with Crippen LogP contribution in [-0.2, 0) is 11.2 Å². The van der Waals surface area contributed by atoms with Gasteiger partial charge in [-0.25, -0.2) is 0 Å². The molecule has 2 rings (SSSR count). The highest BCUT2D eigenvalue weighted by molar-refractivity contribution is 5.87. The molecule has 0 aromatic heterocycles. The number of hydrogen-bond donors (Lipinski definition) is 0. The van der Waals surface area contributed by atoms with E-state index < -0.39 is 0 Å². The van der Waals surface area contributed by atoms with Crippen molar-refractivity contribution in [2.45, 2.75) is 52.4 Å². The summed E-state index contributed by atoms with van der Waals surface area (Å²) in [7, 11) is 0. The van der Waals surface area contributed by atoms with Gasteiger partial charge in [-0.3, -0.25) is 4.79 Å². The van der Waals surface area contributed by atoms with Crippen LogP contribution in [0.3, 0.4) is 0 Å². The molecule has 1 saturated carbocycles. The van der Waals surface area contributed by atoms with Gasteiger partial charge in [-0.2, -0.15) is 0 Å². The first-order chi connectivity index (χ1) is 8.62. The molecular weight excluding hydrogens is 220 g/mol. The monoisotopic (exact) mass is 244 g/mol. The van der Waals surface area contributed by atoms with E-state index in [1.165, 1.54) is 12.8 Å². The molecule has 1 aromatic carbocycles. The molecule has 1 heteroatoms. The van der Waals surface area contributed by atoms with Crippen LogP contribution in [0.4, 0.5) is 0 Å². The Bertz CT molecular complexity index is 385. The highest BCUT2D eigenvalue weighted by Crippen LogP contribution is 2.44. The zero-order chi connectivity index (χ0) is 13.0. The first-order valence-corrected chi connectivity index (χ1v) is 7.20. The van der Waals surface area contributed by atoms with Crippen LogP contribution in [0.2, 0.25) is 0 Å². The van der Waals surface area contributed by atoms with Gasteiger partial charge in [0.2, 0.25) is 0 Å². The van der Waals surface area contributed by atoms with Crippen molar-refractivity contribution >= 4 is 5.78 Å². The van der Waals surface area contributed by atoms with Crippen molar-refractivity contribution in [2.24, 2.45) is 11.3 Å². The fraction of sp³-hybridized carbons (Fsp3) is 0.588. The first kappa shape index (κ1) is 13.3. The van der Waals surface area contributed by atoms with Crippen molar-refractivity contribution in [1.82, 2.24) is 0 Å². The molecule has 1 aromatic rings. The van der Waals surface area contributed by atoms with Gasteiger partial charge < -0.3 is 0 Å². The number of Topliss-reactive ketones (excluding diaryl/α,β-unsaturated/α-hetero) is 1. The Morgan fingerprint density at radius 2 is 1.78 bits per heavy atom. The molecule has 0 bridgehead atoms. The Kier molecular flexibility index (Phi) is 4.21. The molecule has 1 fully saturated rings. The second-order valence-electron chi connectivity index (χ2n) is 6.17. The molecule has 0 radical (unpaired) electrons. The third-order valence-corrected chi connectivity index (χ3v) is 4.16. The van der Waals surface area contributed by atoms with Crippen LogP contribution in [0, 0.1) is 11.3 Å². The maximum absolute atomic E-state index is 12.7. The Labute approximate surface area is 111 Å². The Morgan fingerprint density at radius 1 is 1.17 bits per heavy atom. The van der Waals surface area contributed by atoms with E-state index >= 15 is 0 Å². The summed E-state index contributed by atoms with van der Waals surface area (Å²) in [6, 6.07) is 10.2. The second kappa shape index (κ2) is 5.69. The minimum absolute atomic E-state index is 0.00991. The molecule has 0 amide bonds. The zero-order valence-corrected chi connectivity index (χ0v) is 11.6. The summed E-state index contributed by atoms with van der Waals surface area (Å²) in [6.45, 7) is 4.46. The van der Waals surface area contributed by atoms with Crippen LogP contribution in [0.1, 0.15) is 51.5 Å². The average molecular weight is 244 g/mol. The summed E-state index contributed by atoms with van der Waals surface area (Å²) in [6.07, 6.45) is 6.36. The predicted octanol–water partition coefficient (Wildman–Crippen LogP) is 4.40. The Morgan fingerprint density at radius 3 is 2.33 bits per heavy atom. The molecule has 0 spiro atoms. The maximum atomic E-state index is 12.7. The van der Waals surface area contributed by atoms with Crippen LogP contribution in [0.15, 0.2) is 30.3 Å². The summed E-state index contributed by atoms with van der Waals surface area (Å²) in [5, 5.41) is 0. The molecular formula is C17H24O. The number of carbonyl (C=O) groups excluding carboxylic acids is 1. The van der Waals surface area contributed by atoms with Gasteiger partial charge in [0.1, 0.15) is 5.78 Å². The highest BCUT2D eigenvalue weighted by atomic mass is 16.1. The van der Waals surface area contributed by atoms with Gasteiger partial charge in [0.05, 0.1) is 0 Å². The van der Waals surface area contributed by atoms with E-state index in [4.69, 9.17) is 0 Å². The van der Waals surface area contributed by atoms with E-state index in [9.17, 15) is 4.79 Å². The van der Waals surface area contributed by atoms with Crippen molar-refractivity contribution in [3.8, 4) is 0 Å². The third kappa shape index (κ3) is 3.01. The van der Waals surface area contributed by atoms with E-state index in [-0.39, 0.29) is 5.41 Å². The molecule has 0 N–H and O–H groups in total. The zero-order valence-electron chi connectivity index (χ0n) is 11.6. The van der Waals surface area contributed by atoms with Gasteiger partial charge in [0.15, 0.2) is 0 Å². The van der Waals surface area contributed by atoms with E-state index in [0.29, 0.717) is 18.1 Å². The van der Waals surface area contributed by atoms with Gasteiger partial charge in [-0.05, 0) is 30.7 Å². The van der Waals surface area contributed by atoms with E-state index in [2.05, 4.69) is 26.0 Å². The fourth-order valence-electron chi connectivity index (χ4n) is 3.40. The van der Waals surface area contributed by atoms with Crippen molar-refractivity contribution in [3.63, 3.8) is 0 Å². The van der Waals surface area contributed by atoms with Crippen LogP contribution >= 0.6 is 0 Å².